The van der Waals surface area contributed by atoms with E-state index in [0.29, 0.717) is 24.1 Å². The summed E-state index contributed by atoms with van der Waals surface area (Å²) in [5, 5.41) is 14.9. The van der Waals surface area contributed by atoms with Crippen molar-refractivity contribution in [3.05, 3.63) is 72.2 Å². The number of methoxy groups -OCH3 is 1. The van der Waals surface area contributed by atoms with Crippen LogP contribution in [0.15, 0.2) is 60.8 Å². The van der Waals surface area contributed by atoms with E-state index in [1.54, 1.807) is 30.0 Å². The molecule has 5 rings (SSSR count). The maximum absolute atomic E-state index is 12.9. The number of hydrogen-bond donors (Lipinski definition) is 0. The summed E-state index contributed by atoms with van der Waals surface area (Å²) in [7, 11) is 1.64. The van der Waals surface area contributed by atoms with E-state index in [9.17, 15) is 4.79 Å². The molecule has 2 aromatic carbocycles. The number of fused-ring (bicyclic) bond motifs is 3. The standard InChI is InChI=1S/C23H21N5O2/c1-30-19-10-6-16(7-11-19)15-27(18-8-9-18)22(29)13-12-21-25-26-23-20-5-3-2-4-17(20)14-24-28(21)23/h2-7,10-14,18H,8-9,15H2,1H3. The van der Waals surface area contributed by atoms with Gasteiger partial charge >= 0.3 is 0 Å². The van der Waals surface area contributed by atoms with Gasteiger partial charge < -0.3 is 9.64 Å². The third-order valence-electron chi connectivity index (χ3n) is 5.34. The molecule has 0 unspecified atom stereocenters. The Balaban J connectivity index is 1.38. The van der Waals surface area contributed by atoms with Gasteiger partial charge in [0.1, 0.15) is 5.75 Å². The number of benzene rings is 2. The zero-order valence-electron chi connectivity index (χ0n) is 16.6. The highest BCUT2D eigenvalue weighted by Gasteiger charge is 2.31. The molecule has 7 heteroatoms. The lowest BCUT2D eigenvalue weighted by Crippen LogP contribution is -2.31. The fourth-order valence-electron chi connectivity index (χ4n) is 3.55. The van der Waals surface area contributed by atoms with Gasteiger partial charge in [-0.15, -0.1) is 10.2 Å². The summed E-state index contributed by atoms with van der Waals surface area (Å²) in [6.45, 7) is 0.571. The van der Waals surface area contributed by atoms with Crippen LogP contribution in [0.25, 0.3) is 22.5 Å². The molecular weight excluding hydrogens is 378 g/mol. The van der Waals surface area contributed by atoms with Gasteiger partial charge in [0.05, 0.1) is 13.3 Å². The van der Waals surface area contributed by atoms with Gasteiger partial charge in [0.2, 0.25) is 5.91 Å². The summed E-state index contributed by atoms with van der Waals surface area (Å²) in [5.74, 6) is 1.30. The van der Waals surface area contributed by atoms with Crippen LogP contribution in [0.2, 0.25) is 0 Å². The first-order valence-corrected chi connectivity index (χ1v) is 9.94. The smallest absolute Gasteiger partial charge is 0.247 e. The minimum absolute atomic E-state index is 0.0362. The quantitative estimate of drug-likeness (QED) is 0.464. The van der Waals surface area contributed by atoms with Crippen molar-refractivity contribution in [2.45, 2.75) is 25.4 Å². The van der Waals surface area contributed by atoms with E-state index >= 15 is 0 Å². The van der Waals surface area contributed by atoms with Crippen molar-refractivity contribution in [1.29, 1.82) is 0 Å². The predicted molar refractivity (Wildman–Crippen MR) is 114 cm³/mol. The molecule has 150 valence electrons. The maximum atomic E-state index is 12.9. The molecule has 7 nitrogen and oxygen atoms in total. The van der Waals surface area contributed by atoms with Crippen LogP contribution in [0, 0.1) is 0 Å². The molecule has 1 saturated carbocycles. The Morgan fingerprint density at radius 1 is 1.17 bits per heavy atom. The summed E-state index contributed by atoms with van der Waals surface area (Å²) in [4.78, 5) is 14.8. The molecule has 0 spiro atoms. The number of amides is 1. The Labute approximate surface area is 173 Å². The fourth-order valence-corrected chi connectivity index (χ4v) is 3.55. The Hall–Kier alpha value is -3.74. The minimum atomic E-state index is -0.0362. The van der Waals surface area contributed by atoms with Crippen LogP contribution >= 0.6 is 0 Å². The van der Waals surface area contributed by atoms with Gasteiger partial charge in [-0.2, -0.15) is 9.61 Å². The van der Waals surface area contributed by atoms with E-state index in [-0.39, 0.29) is 5.91 Å². The largest absolute Gasteiger partial charge is 0.497 e. The Morgan fingerprint density at radius 3 is 2.73 bits per heavy atom. The SMILES string of the molecule is COc1ccc(CN(C(=O)C=Cc2nnc3c4ccccc4cnn23)C2CC2)cc1. The molecule has 4 aromatic rings. The maximum Gasteiger partial charge on any atom is 0.247 e. The lowest BCUT2D eigenvalue weighted by molar-refractivity contribution is -0.127. The molecule has 1 amide bonds. The normalized spacial score (nSPS) is 13.9. The van der Waals surface area contributed by atoms with Crippen molar-refractivity contribution < 1.29 is 9.53 Å². The molecule has 1 aliphatic rings. The average Bonchev–Trinajstić information content (AvgIpc) is 3.55. The summed E-state index contributed by atoms with van der Waals surface area (Å²) >= 11 is 0. The lowest BCUT2D eigenvalue weighted by Gasteiger charge is -2.21. The van der Waals surface area contributed by atoms with Gasteiger partial charge in [-0.05, 0) is 36.6 Å². The second-order valence-corrected chi connectivity index (χ2v) is 7.40. The highest BCUT2D eigenvalue weighted by molar-refractivity contribution is 5.94. The number of carbonyl (C=O) groups excluding carboxylic acids is 1. The average molecular weight is 399 g/mol. The van der Waals surface area contributed by atoms with Crippen molar-refractivity contribution in [2.75, 3.05) is 7.11 Å². The number of carbonyl (C=O) groups is 1. The van der Waals surface area contributed by atoms with Gasteiger partial charge in [0, 0.05) is 29.4 Å². The number of aromatic nitrogens is 4. The molecule has 30 heavy (non-hydrogen) atoms. The number of ether oxygens (including phenoxy) is 1. The minimum Gasteiger partial charge on any atom is -0.497 e. The van der Waals surface area contributed by atoms with Crippen LogP contribution in [0.4, 0.5) is 0 Å². The third-order valence-corrected chi connectivity index (χ3v) is 5.34. The summed E-state index contributed by atoms with van der Waals surface area (Å²) in [5.41, 5.74) is 1.75. The topological polar surface area (TPSA) is 72.6 Å². The zero-order valence-corrected chi connectivity index (χ0v) is 16.6. The number of rotatable bonds is 6. The van der Waals surface area contributed by atoms with Crippen molar-refractivity contribution in [2.24, 2.45) is 0 Å². The van der Waals surface area contributed by atoms with Gasteiger partial charge in [-0.1, -0.05) is 36.4 Å². The Morgan fingerprint density at radius 2 is 1.97 bits per heavy atom. The first-order valence-electron chi connectivity index (χ1n) is 9.94. The lowest BCUT2D eigenvalue weighted by atomic mass is 10.2. The second kappa shape index (κ2) is 7.59. The third kappa shape index (κ3) is 3.50. The van der Waals surface area contributed by atoms with Crippen molar-refractivity contribution >= 4 is 28.4 Å². The van der Waals surface area contributed by atoms with Gasteiger partial charge in [0.15, 0.2) is 11.5 Å². The van der Waals surface area contributed by atoms with Crippen molar-refractivity contribution in [3.8, 4) is 5.75 Å². The van der Waals surface area contributed by atoms with E-state index < -0.39 is 0 Å². The summed E-state index contributed by atoms with van der Waals surface area (Å²) < 4.78 is 6.87. The molecule has 2 heterocycles. The van der Waals surface area contributed by atoms with E-state index in [4.69, 9.17) is 4.74 Å². The summed E-state index contributed by atoms with van der Waals surface area (Å²) in [6, 6.07) is 16.0. The molecule has 0 radical (unpaired) electrons. The predicted octanol–water partition coefficient (Wildman–Crippen LogP) is 3.49. The van der Waals surface area contributed by atoms with E-state index in [1.165, 1.54) is 0 Å². The van der Waals surface area contributed by atoms with Crippen LogP contribution in [-0.4, -0.2) is 43.8 Å². The number of hydrogen-bond acceptors (Lipinski definition) is 5. The molecule has 2 aromatic heterocycles. The summed E-state index contributed by atoms with van der Waals surface area (Å²) in [6.07, 6.45) is 7.11. The molecule has 0 bridgehead atoms. The second-order valence-electron chi connectivity index (χ2n) is 7.40. The molecule has 1 fully saturated rings. The van der Waals surface area contributed by atoms with Crippen LogP contribution in [-0.2, 0) is 11.3 Å². The van der Waals surface area contributed by atoms with Crippen molar-refractivity contribution in [3.63, 3.8) is 0 Å². The first kappa shape index (κ1) is 18.3. The molecule has 0 aliphatic heterocycles. The van der Waals surface area contributed by atoms with Crippen LogP contribution in [0.1, 0.15) is 24.2 Å². The molecule has 0 N–H and O–H groups in total. The van der Waals surface area contributed by atoms with Crippen LogP contribution in [0.3, 0.4) is 0 Å². The first-order chi connectivity index (χ1) is 14.7. The van der Waals surface area contributed by atoms with Crippen LogP contribution < -0.4 is 4.74 Å². The van der Waals surface area contributed by atoms with Crippen LogP contribution in [0.5, 0.6) is 5.75 Å². The fraction of sp³-hybridized carbons (Fsp3) is 0.217. The van der Waals surface area contributed by atoms with Crippen molar-refractivity contribution in [1.82, 2.24) is 24.7 Å². The number of nitrogens with zero attached hydrogens (tertiary/aromatic N) is 5. The van der Waals surface area contributed by atoms with Gasteiger partial charge in [-0.25, -0.2) is 0 Å². The molecule has 0 atom stereocenters. The Kier molecular flexibility index (Phi) is 4.63. The van der Waals surface area contributed by atoms with E-state index in [2.05, 4.69) is 15.3 Å². The highest BCUT2D eigenvalue weighted by Crippen LogP contribution is 2.29. The molecule has 0 saturated heterocycles. The van der Waals surface area contributed by atoms with E-state index in [1.807, 2.05) is 53.4 Å². The zero-order chi connectivity index (χ0) is 20.5. The highest BCUT2D eigenvalue weighted by atomic mass is 16.5. The monoisotopic (exact) mass is 399 g/mol. The van der Waals surface area contributed by atoms with E-state index in [0.717, 1.165) is 34.9 Å². The van der Waals surface area contributed by atoms with Gasteiger partial charge in [0.25, 0.3) is 0 Å². The Bertz CT molecular complexity index is 1240. The van der Waals surface area contributed by atoms with Gasteiger partial charge in [-0.3, -0.25) is 4.79 Å². The molecule has 1 aliphatic carbocycles. The molecular formula is C23H21N5O2.